The van der Waals surface area contributed by atoms with Gasteiger partial charge in [-0.05, 0) is 19.4 Å². The number of aryl methyl sites for hydroxylation is 1. The highest BCUT2D eigenvalue weighted by molar-refractivity contribution is 7.10. The summed E-state index contributed by atoms with van der Waals surface area (Å²) in [4.78, 5) is 13.2. The number of carbonyl (C=O) groups excluding carboxylic acids is 1. The van der Waals surface area contributed by atoms with Gasteiger partial charge in [-0.3, -0.25) is 4.79 Å². The summed E-state index contributed by atoms with van der Waals surface area (Å²) >= 11 is 1.62. The number of ether oxygens (including phenoxy) is 1. The Labute approximate surface area is 93.4 Å². The van der Waals surface area contributed by atoms with Crippen LogP contribution in [0.1, 0.15) is 21.7 Å². The van der Waals surface area contributed by atoms with Gasteiger partial charge in [0.2, 0.25) is 0 Å². The van der Waals surface area contributed by atoms with Crippen molar-refractivity contribution in [1.29, 1.82) is 0 Å². The van der Waals surface area contributed by atoms with Crippen LogP contribution in [0.3, 0.4) is 0 Å². The molecule has 2 heterocycles. The molecule has 1 aromatic rings. The van der Waals surface area contributed by atoms with Crippen LogP contribution in [0.2, 0.25) is 0 Å². The Balaban J connectivity index is 2.03. The fraction of sp³-hybridized carbons (Fsp3) is 0.545. The van der Waals surface area contributed by atoms with Crippen molar-refractivity contribution in [3.05, 3.63) is 21.9 Å². The average molecular weight is 225 g/mol. The summed E-state index contributed by atoms with van der Waals surface area (Å²) in [6.07, 6.45) is 0.961. The van der Waals surface area contributed by atoms with E-state index in [4.69, 9.17) is 4.74 Å². The van der Waals surface area contributed by atoms with Crippen LogP contribution in [0, 0.1) is 6.92 Å². The fourth-order valence-electron chi connectivity index (χ4n) is 1.86. The zero-order valence-corrected chi connectivity index (χ0v) is 9.76. The van der Waals surface area contributed by atoms with Crippen LogP contribution in [-0.2, 0) is 4.74 Å². The molecule has 2 rings (SSSR count). The topological polar surface area (TPSA) is 38.3 Å². The van der Waals surface area contributed by atoms with Gasteiger partial charge in [0.25, 0.3) is 0 Å². The SMILES string of the molecule is COC1CNC(C(=O)c2csc(C)c2)C1. The molecule has 1 saturated heterocycles. The summed E-state index contributed by atoms with van der Waals surface area (Å²) in [6, 6.07) is 1.89. The third-order valence-corrected chi connectivity index (χ3v) is 3.62. The Morgan fingerprint density at radius 3 is 3.00 bits per heavy atom. The molecule has 0 aliphatic carbocycles. The van der Waals surface area contributed by atoms with Crippen LogP contribution < -0.4 is 5.32 Å². The number of hydrogen-bond donors (Lipinski definition) is 1. The molecule has 2 unspecified atom stereocenters. The number of Topliss-reactive ketones (excluding diaryl/α,β-unsaturated/α-hetero) is 1. The van der Waals surface area contributed by atoms with Crippen LogP contribution in [0.4, 0.5) is 0 Å². The van der Waals surface area contributed by atoms with Crippen molar-refractivity contribution >= 4 is 17.1 Å². The highest BCUT2D eigenvalue weighted by Gasteiger charge is 2.30. The normalized spacial score (nSPS) is 25.7. The molecule has 4 heteroatoms. The van der Waals surface area contributed by atoms with E-state index in [9.17, 15) is 4.79 Å². The lowest BCUT2D eigenvalue weighted by molar-refractivity contribution is 0.0919. The van der Waals surface area contributed by atoms with E-state index in [1.54, 1.807) is 18.4 Å². The molecule has 3 nitrogen and oxygen atoms in total. The maximum atomic E-state index is 12.0. The van der Waals surface area contributed by atoms with Crippen molar-refractivity contribution in [2.24, 2.45) is 0 Å². The van der Waals surface area contributed by atoms with Crippen molar-refractivity contribution < 1.29 is 9.53 Å². The van der Waals surface area contributed by atoms with Gasteiger partial charge in [0, 0.05) is 29.5 Å². The molecule has 1 fully saturated rings. The van der Waals surface area contributed by atoms with Crippen LogP contribution >= 0.6 is 11.3 Å². The van der Waals surface area contributed by atoms with Gasteiger partial charge in [-0.1, -0.05) is 0 Å². The largest absolute Gasteiger partial charge is 0.380 e. The zero-order valence-electron chi connectivity index (χ0n) is 8.95. The molecule has 1 aliphatic rings. The minimum absolute atomic E-state index is 0.0658. The van der Waals surface area contributed by atoms with Gasteiger partial charge < -0.3 is 10.1 Å². The predicted octanol–water partition coefficient (Wildman–Crippen LogP) is 1.62. The van der Waals surface area contributed by atoms with Crippen LogP contribution in [0.25, 0.3) is 0 Å². The summed E-state index contributed by atoms with van der Waals surface area (Å²) in [5, 5.41) is 5.13. The number of carbonyl (C=O) groups is 1. The second kappa shape index (κ2) is 4.43. The molecule has 0 amide bonds. The highest BCUT2D eigenvalue weighted by atomic mass is 32.1. The second-order valence-electron chi connectivity index (χ2n) is 3.86. The second-order valence-corrected chi connectivity index (χ2v) is 4.98. The highest BCUT2D eigenvalue weighted by Crippen LogP contribution is 2.19. The first-order valence-corrected chi connectivity index (χ1v) is 5.94. The van der Waals surface area contributed by atoms with Crippen molar-refractivity contribution in [2.45, 2.75) is 25.5 Å². The van der Waals surface area contributed by atoms with E-state index < -0.39 is 0 Å². The third-order valence-electron chi connectivity index (χ3n) is 2.76. The Morgan fingerprint density at radius 2 is 2.47 bits per heavy atom. The maximum Gasteiger partial charge on any atom is 0.180 e. The molecular formula is C11H15NO2S. The molecule has 1 N–H and O–H groups in total. The maximum absolute atomic E-state index is 12.0. The van der Waals surface area contributed by atoms with Gasteiger partial charge in [0.15, 0.2) is 5.78 Å². The molecule has 1 aromatic heterocycles. The smallest absolute Gasteiger partial charge is 0.180 e. The summed E-state index contributed by atoms with van der Waals surface area (Å²) in [5.41, 5.74) is 0.826. The average Bonchev–Trinajstić information content (AvgIpc) is 2.84. The molecule has 0 radical (unpaired) electrons. The molecule has 0 spiro atoms. The molecular weight excluding hydrogens is 210 g/mol. The Morgan fingerprint density at radius 1 is 1.67 bits per heavy atom. The monoisotopic (exact) mass is 225 g/mol. The van der Waals surface area contributed by atoms with E-state index in [0.717, 1.165) is 18.5 Å². The van der Waals surface area contributed by atoms with Gasteiger partial charge in [-0.25, -0.2) is 0 Å². The summed E-state index contributed by atoms with van der Waals surface area (Å²) in [7, 11) is 1.69. The van der Waals surface area contributed by atoms with Gasteiger partial charge in [-0.15, -0.1) is 11.3 Å². The van der Waals surface area contributed by atoms with Crippen molar-refractivity contribution in [3.8, 4) is 0 Å². The summed E-state index contributed by atoms with van der Waals surface area (Å²) in [6.45, 7) is 2.79. The molecule has 82 valence electrons. The van der Waals surface area contributed by atoms with Gasteiger partial charge in [-0.2, -0.15) is 0 Å². The zero-order chi connectivity index (χ0) is 10.8. The molecule has 0 saturated carbocycles. The van der Waals surface area contributed by atoms with E-state index in [0.29, 0.717) is 0 Å². The summed E-state index contributed by atoms with van der Waals surface area (Å²) in [5.74, 6) is 0.193. The van der Waals surface area contributed by atoms with Crippen LogP contribution in [-0.4, -0.2) is 31.6 Å². The fourth-order valence-corrected chi connectivity index (χ4v) is 2.55. The predicted molar refractivity (Wildman–Crippen MR) is 60.6 cm³/mol. The first kappa shape index (κ1) is 10.8. The van der Waals surface area contributed by atoms with E-state index in [1.807, 2.05) is 18.4 Å². The number of rotatable bonds is 3. The number of nitrogens with one attached hydrogen (secondary N) is 1. The lowest BCUT2D eigenvalue weighted by Crippen LogP contribution is -2.30. The molecule has 0 aromatic carbocycles. The Kier molecular flexibility index (Phi) is 3.19. The van der Waals surface area contributed by atoms with Crippen LogP contribution in [0.5, 0.6) is 0 Å². The molecule has 2 atom stereocenters. The third kappa shape index (κ3) is 2.27. The van der Waals surface area contributed by atoms with E-state index in [1.165, 1.54) is 4.88 Å². The number of hydrogen-bond acceptors (Lipinski definition) is 4. The quantitative estimate of drug-likeness (QED) is 0.794. The van der Waals surface area contributed by atoms with E-state index >= 15 is 0 Å². The minimum atomic E-state index is -0.0658. The number of thiophene rings is 1. The molecule has 15 heavy (non-hydrogen) atoms. The Bertz CT molecular complexity index is 361. The number of methoxy groups -OCH3 is 1. The first-order valence-electron chi connectivity index (χ1n) is 5.06. The van der Waals surface area contributed by atoms with Crippen LogP contribution in [0.15, 0.2) is 11.4 Å². The lowest BCUT2D eigenvalue weighted by atomic mass is 10.0. The van der Waals surface area contributed by atoms with Crippen molar-refractivity contribution in [2.75, 3.05) is 13.7 Å². The van der Waals surface area contributed by atoms with Gasteiger partial charge >= 0.3 is 0 Å². The van der Waals surface area contributed by atoms with Gasteiger partial charge in [0.05, 0.1) is 12.1 Å². The minimum Gasteiger partial charge on any atom is -0.380 e. The van der Waals surface area contributed by atoms with Gasteiger partial charge in [0.1, 0.15) is 0 Å². The molecule has 0 bridgehead atoms. The van der Waals surface area contributed by atoms with E-state index in [-0.39, 0.29) is 17.9 Å². The van der Waals surface area contributed by atoms with Crippen molar-refractivity contribution in [3.63, 3.8) is 0 Å². The lowest BCUT2D eigenvalue weighted by Gasteiger charge is -2.07. The number of ketones is 1. The first-order chi connectivity index (χ1) is 7.20. The van der Waals surface area contributed by atoms with Crippen molar-refractivity contribution in [1.82, 2.24) is 5.32 Å². The summed E-state index contributed by atoms with van der Waals surface area (Å²) < 4.78 is 5.22. The standard InChI is InChI=1S/C11H15NO2S/c1-7-3-8(6-15-7)11(13)10-4-9(14-2)5-12-10/h3,6,9-10,12H,4-5H2,1-2H3. The Hall–Kier alpha value is -0.710. The molecule has 1 aliphatic heterocycles. The van der Waals surface area contributed by atoms with E-state index in [2.05, 4.69) is 5.32 Å².